The van der Waals surface area contributed by atoms with E-state index >= 15 is 0 Å². The first-order valence-electron chi connectivity index (χ1n) is 10.1. The van der Waals surface area contributed by atoms with Gasteiger partial charge in [-0.25, -0.2) is 4.79 Å². The summed E-state index contributed by atoms with van der Waals surface area (Å²) in [5.41, 5.74) is 0.609. The van der Waals surface area contributed by atoms with Crippen LogP contribution < -0.4 is 0 Å². The number of aliphatic hydroxyl groups excluding tert-OH is 1. The van der Waals surface area contributed by atoms with E-state index in [0.29, 0.717) is 28.9 Å². The lowest BCUT2D eigenvalue weighted by Crippen LogP contribution is -2.37. The third-order valence-corrected chi connectivity index (χ3v) is 7.39. The van der Waals surface area contributed by atoms with Gasteiger partial charge in [0, 0.05) is 29.4 Å². The van der Waals surface area contributed by atoms with Gasteiger partial charge in [0.05, 0.1) is 11.7 Å². The Bertz CT molecular complexity index is 849. The van der Waals surface area contributed by atoms with E-state index in [1.54, 1.807) is 0 Å². The fraction of sp³-hybridized carbons (Fsp3) is 0.682. The van der Waals surface area contributed by atoms with Crippen molar-refractivity contribution in [1.82, 2.24) is 0 Å². The minimum Gasteiger partial charge on any atom is -0.454 e. The monoisotopic (exact) mass is 388 g/mol. The van der Waals surface area contributed by atoms with E-state index in [4.69, 9.17) is 9.47 Å². The number of hydrogen-bond donors (Lipinski definition) is 1. The van der Waals surface area contributed by atoms with Crippen molar-refractivity contribution in [3.63, 3.8) is 0 Å². The maximum Gasteiger partial charge on any atom is 0.342 e. The average molecular weight is 388 g/mol. The van der Waals surface area contributed by atoms with Gasteiger partial charge >= 0.3 is 11.9 Å². The molecule has 4 aliphatic rings. The second kappa shape index (κ2) is 6.02. The number of hydrogen-bond acceptors (Lipinski definition) is 6. The summed E-state index contributed by atoms with van der Waals surface area (Å²) < 4.78 is 11.2. The van der Waals surface area contributed by atoms with Gasteiger partial charge in [-0.05, 0) is 37.0 Å². The Balaban J connectivity index is 1.98. The zero-order valence-corrected chi connectivity index (χ0v) is 17.1. The third-order valence-electron chi connectivity index (χ3n) is 7.39. The van der Waals surface area contributed by atoms with E-state index in [1.165, 1.54) is 6.92 Å². The van der Waals surface area contributed by atoms with Crippen LogP contribution in [0.15, 0.2) is 22.5 Å². The second-order valence-electron chi connectivity index (χ2n) is 9.58. The van der Waals surface area contributed by atoms with Crippen molar-refractivity contribution in [2.24, 2.45) is 22.7 Å². The van der Waals surface area contributed by atoms with Crippen molar-refractivity contribution in [3.8, 4) is 0 Å². The second-order valence-corrected chi connectivity index (χ2v) is 9.58. The van der Waals surface area contributed by atoms with Gasteiger partial charge in [0.1, 0.15) is 5.76 Å². The summed E-state index contributed by atoms with van der Waals surface area (Å²) in [6.45, 7) is 9.50. The topological polar surface area (TPSA) is 89.9 Å². The van der Waals surface area contributed by atoms with Crippen LogP contribution in [0.4, 0.5) is 0 Å². The highest BCUT2D eigenvalue weighted by Gasteiger charge is 2.62. The number of carbonyl (C=O) groups excluding carboxylic acids is 3. The lowest BCUT2D eigenvalue weighted by Gasteiger charge is -2.38. The highest BCUT2D eigenvalue weighted by atomic mass is 16.6. The minimum atomic E-state index is -0.869. The summed E-state index contributed by atoms with van der Waals surface area (Å²) in [6, 6.07) is 0. The van der Waals surface area contributed by atoms with Gasteiger partial charge in [0.25, 0.3) is 0 Å². The lowest BCUT2D eigenvalue weighted by molar-refractivity contribution is -0.155. The SMILES string of the molecule is CC(=O)O[C@@H]1C(=O)C2=C3OC(=O)C4=C3[C@@](C)(CC[C@@H]4O)CC[C@]2(C)[C@H]1C(C)C. The molecule has 5 atom stereocenters. The molecule has 0 unspecified atom stereocenters. The van der Waals surface area contributed by atoms with Crippen LogP contribution in [0.3, 0.4) is 0 Å². The molecule has 6 nitrogen and oxygen atoms in total. The number of allylic oxidation sites excluding steroid dienone is 1. The highest BCUT2D eigenvalue weighted by molar-refractivity contribution is 6.07. The van der Waals surface area contributed by atoms with Crippen molar-refractivity contribution >= 4 is 17.7 Å². The van der Waals surface area contributed by atoms with E-state index in [2.05, 4.69) is 6.92 Å². The molecule has 0 spiro atoms. The van der Waals surface area contributed by atoms with E-state index in [1.807, 2.05) is 20.8 Å². The number of ketones is 1. The van der Waals surface area contributed by atoms with Crippen molar-refractivity contribution in [1.29, 1.82) is 0 Å². The number of ether oxygens (including phenoxy) is 2. The summed E-state index contributed by atoms with van der Waals surface area (Å²) in [5.74, 6) is -1.08. The molecule has 1 saturated carbocycles. The molecule has 0 aromatic rings. The largest absolute Gasteiger partial charge is 0.454 e. The Kier molecular flexibility index (Phi) is 4.17. The summed E-state index contributed by atoms with van der Waals surface area (Å²) in [5, 5.41) is 10.5. The maximum atomic E-state index is 13.5. The van der Waals surface area contributed by atoms with Crippen molar-refractivity contribution in [2.75, 3.05) is 0 Å². The van der Waals surface area contributed by atoms with Gasteiger partial charge < -0.3 is 14.6 Å². The molecule has 6 heteroatoms. The highest BCUT2D eigenvalue weighted by Crippen LogP contribution is 2.62. The van der Waals surface area contributed by atoms with Crippen LogP contribution >= 0.6 is 0 Å². The lowest BCUT2D eigenvalue weighted by atomic mass is 9.65. The fourth-order valence-corrected chi connectivity index (χ4v) is 6.15. The van der Waals surface area contributed by atoms with E-state index in [-0.39, 0.29) is 23.0 Å². The van der Waals surface area contributed by atoms with Crippen LogP contribution in [0.5, 0.6) is 0 Å². The number of Topliss-reactive ketones (excluding diaryl/α,β-unsaturated/α-hetero) is 1. The van der Waals surface area contributed by atoms with Gasteiger partial charge in [-0.15, -0.1) is 0 Å². The molecule has 0 aromatic heterocycles. The Morgan fingerprint density at radius 3 is 2.46 bits per heavy atom. The molecular weight excluding hydrogens is 360 g/mol. The molecule has 0 bridgehead atoms. The summed E-state index contributed by atoms with van der Waals surface area (Å²) in [7, 11) is 0. The van der Waals surface area contributed by atoms with Crippen LogP contribution in [0, 0.1) is 22.7 Å². The van der Waals surface area contributed by atoms with Gasteiger partial charge in [-0.2, -0.15) is 0 Å². The molecule has 1 fully saturated rings. The summed E-state index contributed by atoms with van der Waals surface area (Å²) >= 11 is 0. The zero-order valence-electron chi connectivity index (χ0n) is 17.1. The molecule has 152 valence electrons. The molecule has 3 aliphatic carbocycles. The molecule has 28 heavy (non-hydrogen) atoms. The van der Waals surface area contributed by atoms with Crippen LogP contribution in [-0.4, -0.2) is 35.0 Å². The van der Waals surface area contributed by atoms with Crippen molar-refractivity contribution in [2.45, 2.75) is 72.5 Å². The Hall–Kier alpha value is -1.95. The predicted molar refractivity (Wildman–Crippen MR) is 99.7 cm³/mol. The number of rotatable bonds is 2. The van der Waals surface area contributed by atoms with Crippen LogP contribution in [-0.2, 0) is 23.9 Å². The molecule has 1 N–H and O–H groups in total. The quantitative estimate of drug-likeness (QED) is 0.732. The van der Waals surface area contributed by atoms with Gasteiger partial charge in [-0.3, -0.25) is 9.59 Å². The number of esters is 2. The van der Waals surface area contributed by atoms with E-state index < -0.39 is 29.6 Å². The van der Waals surface area contributed by atoms with Gasteiger partial charge in [-0.1, -0.05) is 27.7 Å². The van der Waals surface area contributed by atoms with Crippen LogP contribution in [0.25, 0.3) is 0 Å². The number of aliphatic hydroxyl groups is 1. The summed E-state index contributed by atoms with van der Waals surface area (Å²) in [4.78, 5) is 37.8. The Morgan fingerprint density at radius 1 is 1.18 bits per heavy atom. The van der Waals surface area contributed by atoms with E-state index in [9.17, 15) is 19.5 Å². The third kappa shape index (κ3) is 2.39. The van der Waals surface area contributed by atoms with Crippen LogP contribution in [0.1, 0.15) is 60.3 Å². The normalized spacial score (nSPS) is 39.8. The minimum absolute atomic E-state index is 0.0977. The fourth-order valence-electron chi connectivity index (χ4n) is 6.15. The molecule has 0 saturated heterocycles. The molecule has 0 aromatic carbocycles. The molecule has 0 radical (unpaired) electrons. The Labute approximate surface area is 165 Å². The zero-order chi connectivity index (χ0) is 20.6. The molecule has 1 aliphatic heterocycles. The van der Waals surface area contributed by atoms with Crippen LogP contribution in [0.2, 0.25) is 0 Å². The smallest absolute Gasteiger partial charge is 0.342 e. The predicted octanol–water partition coefficient (Wildman–Crippen LogP) is 2.84. The van der Waals surface area contributed by atoms with Gasteiger partial charge in [0.2, 0.25) is 5.78 Å². The number of fused-ring (bicyclic) bond motifs is 1. The molecule has 1 heterocycles. The molecule has 4 rings (SSSR count). The average Bonchev–Trinajstić information content (AvgIpc) is 3.00. The maximum absolute atomic E-state index is 13.5. The standard InChI is InChI=1S/C22H28O6/c1-10(2)14-19(27-11(3)23)17(25)16-18-15-13(20(26)28-18)12(24)6-7-21(15,4)8-9-22(14,16)5/h10,12,14,19,24H,6-9H2,1-5H3/t12-,14-,19-,21-,22+/m0/s1. The first-order valence-corrected chi connectivity index (χ1v) is 10.1. The molecule has 0 amide bonds. The Morgan fingerprint density at radius 2 is 1.86 bits per heavy atom. The van der Waals surface area contributed by atoms with Crippen molar-refractivity contribution < 1.29 is 29.0 Å². The van der Waals surface area contributed by atoms with E-state index in [0.717, 1.165) is 19.3 Å². The van der Waals surface area contributed by atoms with Crippen molar-refractivity contribution in [3.05, 3.63) is 22.5 Å². The molecular formula is C22H28O6. The van der Waals surface area contributed by atoms with Gasteiger partial charge in [0.15, 0.2) is 6.10 Å². The first kappa shape index (κ1) is 19.4. The first-order chi connectivity index (χ1) is 13.0. The number of carbonyl (C=O) groups is 3. The summed E-state index contributed by atoms with van der Waals surface area (Å²) in [6.07, 6.45) is 1.04.